The Morgan fingerprint density at radius 1 is 0.870 bits per heavy atom. The molecule has 0 amide bonds. The van der Waals surface area contributed by atoms with E-state index in [0.29, 0.717) is 23.2 Å². The molecule has 0 spiro atoms. The van der Waals surface area contributed by atoms with Gasteiger partial charge in [-0.05, 0) is 30.5 Å². The van der Waals surface area contributed by atoms with Crippen molar-refractivity contribution in [3.8, 4) is 11.8 Å². The highest BCUT2D eigenvalue weighted by Gasteiger charge is 2.45. The highest BCUT2D eigenvalue weighted by Crippen LogP contribution is 2.42. The van der Waals surface area contributed by atoms with E-state index >= 15 is 0 Å². The first-order chi connectivity index (χ1) is 10.5. The third-order valence-electron chi connectivity index (χ3n) is 5.24. The molecule has 0 aromatic rings. The van der Waals surface area contributed by atoms with Gasteiger partial charge in [-0.25, -0.2) is 0 Å². The van der Waals surface area contributed by atoms with E-state index < -0.39 is 20.5 Å². The topological polar surface area (TPSA) is 49.7 Å². The highest BCUT2D eigenvalue weighted by molar-refractivity contribution is 6.77. The van der Waals surface area contributed by atoms with E-state index in [4.69, 9.17) is 4.43 Å². The summed E-state index contributed by atoms with van der Waals surface area (Å²) >= 11 is 0. The van der Waals surface area contributed by atoms with E-state index in [1.807, 2.05) is 13.8 Å². The van der Waals surface area contributed by atoms with Gasteiger partial charge in [0.05, 0.1) is 18.8 Å². The predicted molar refractivity (Wildman–Crippen MR) is 101 cm³/mol. The lowest BCUT2D eigenvalue weighted by atomic mass is 9.90. The molecule has 0 aliphatic heterocycles. The molecule has 4 heteroatoms. The zero-order chi connectivity index (χ0) is 18.4. The average molecular weight is 343 g/mol. The van der Waals surface area contributed by atoms with Gasteiger partial charge >= 0.3 is 0 Å². The Morgan fingerprint density at radius 3 is 1.65 bits per heavy atom. The number of hydrogen-bond donors (Lipinski definition) is 2. The molecule has 4 atom stereocenters. The molecule has 0 aliphatic rings. The van der Waals surface area contributed by atoms with Gasteiger partial charge < -0.3 is 14.6 Å². The van der Waals surface area contributed by atoms with E-state index in [0.717, 1.165) is 0 Å². The zero-order valence-electron chi connectivity index (χ0n) is 16.6. The fourth-order valence-electron chi connectivity index (χ4n) is 3.88. The van der Waals surface area contributed by atoms with Crippen LogP contribution in [0.3, 0.4) is 0 Å². The lowest BCUT2D eigenvalue weighted by molar-refractivity contribution is -0.0175. The molecule has 0 rings (SSSR count). The maximum absolute atomic E-state index is 10.5. The van der Waals surface area contributed by atoms with E-state index in [1.54, 1.807) is 6.92 Å². The predicted octanol–water partition coefficient (Wildman–Crippen LogP) is 4.20. The Kier molecular flexibility index (Phi) is 9.69. The molecule has 0 saturated heterocycles. The van der Waals surface area contributed by atoms with Crippen molar-refractivity contribution in [1.82, 2.24) is 0 Å². The molecule has 0 aromatic carbocycles. The SMILES string of the molecule is CC#C[C@@H](C)[C@H](O)[C@H](C)[C@@H](O)CO[Si](C(C)C)(C(C)C)C(C)C. The van der Waals surface area contributed by atoms with Crippen LogP contribution < -0.4 is 0 Å². The summed E-state index contributed by atoms with van der Waals surface area (Å²) < 4.78 is 6.43. The van der Waals surface area contributed by atoms with Crippen molar-refractivity contribution in [1.29, 1.82) is 0 Å². The molecule has 0 aliphatic carbocycles. The van der Waals surface area contributed by atoms with Crippen LogP contribution in [0.1, 0.15) is 62.3 Å². The smallest absolute Gasteiger partial charge is 0.200 e. The van der Waals surface area contributed by atoms with Crippen molar-refractivity contribution in [2.45, 2.75) is 91.1 Å². The third kappa shape index (κ3) is 5.60. The maximum atomic E-state index is 10.5. The Morgan fingerprint density at radius 2 is 1.30 bits per heavy atom. The van der Waals surface area contributed by atoms with Gasteiger partial charge in [0.15, 0.2) is 8.32 Å². The molecular formula is C19H38O3Si. The average Bonchev–Trinajstić information content (AvgIpc) is 2.45. The quantitative estimate of drug-likeness (QED) is 0.488. The first-order valence-corrected chi connectivity index (χ1v) is 11.1. The van der Waals surface area contributed by atoms with Crippen LogP contribution in [0.4, 0.5) is 0 Å². The van der Waals surface area contributed by atoms with Crippen LogP contribution in [0, 0.1) is 23.7 Å². The van der Waals surface area contributed by atoms with E-state index in [-0.39, 0.29) is 11.8 Å². The second kappa shape index (κ2) is 9.83. The fraction of sp³-hybridized carbons (Fsp3) is 0.895. The Labute approximate surface area is 145 Å². The summed E-state index contributed by atoms with van der Waals surface area (Å²) in [6.07, 6.45) is -1.32. The lowest BCUT2D eigenvalue weighted by Crippen LogP contribution is -2.50. The normalized spacial score (nSPS) is 17.8. The van der Waals surface area contributed by atoms with Gasteiger partial charge in [-0.1, -0.05) is 54.4 Å². The van der Waals surface area contributed by atoms with Gasteiger partial charge in [0, 0.05) is 11.8 Å². The summed E-state index contributed by atoms with van der Waals surface area (Å²) in [6.45, 7) is 19.2. The van der Waals surface area contributed by atoms with Crippen molar-refractivity contribution < 1.29 is 14.6 Å². The van der Waals surface area contributed by atoms with E-state index in [1.165, 1.54) is 0 Å². The molecule has 0 saturated carbocycles. The molecule has 0 bridgehead atoms. The number of rotatable bonds is 9. The number of aliphatic hydroxyl groups is 2. The summed E-state index contributed by atoms with van der Waals surface area (Å²) in [5.41, 5.74) is 1.46. The minimum absolute atomic E-state index is 0.146. The van der Waals surface area contributed by atoms with E-state index in [2.05, 4.69) is 53.4 Å². The van der Waals surface area contributed by atoms with Crippen LogP contribution in [0.15, 0.2) is 0 Å². The van der Waals surface area contributed by atoms with Gasteiger partial charge in [0.1, 0.15) is 0 Å². The molecule has 0 unspecified atom stereocenters. The molecule has 136 valence electrons. The van der Waals surface area contributed by atoms with Gasteiger partial charge in [-0.3, -0.25) is 0 Å². The summed E-state index contributed by atoms with van der Waals surface area (Å²) in [5.74, 6) is 5.39. The lowest BCUT2D eigenvalue weighted by Gasteiger charge is -2.43. The van der Waals surface area contributed by atoms with Crippen molar-refractivity contribution in [3.05, 3.63) is 0 Å². The largest absolute Gasteiger partial charge is 0.413 e. The second-order valence-electron chi connectivity index (χ2n) is 7.73. The van der Waals surface area contributed by atoms with Crippen molar-refractivity contribution in [2.24, 2.45) is 11.8 Å². The molecule has 2 N–H and O–H groups in total. The van der Waals surface area contributed by atoms with Crippen LogP contribution in [0.25, 0.3) is 0 Å². The summed E-state index contributed by atoms with van der Waals surface area (Å²) in [4.78, 5) is 0. The minimum atomic E-state index is -1.98. The summed E-state index contributed by atoms with van der Waals surface area (Å²) in [6, 6.07) is 0. The zero-order valence-corrected chi connectivity index (χ0v) is 17.6. The molecule has 3 nitrogen and oxygen atoms in total. The minimum Gasteiger partial charge on any atom is -0.413 e. The molecule has 0 radical (unpaired) electrons. The third-order valence-corrected chi connectivity index (χ3v) is 11.3. The monoisotopic (exact) mass is 342 g/mol. The summed E-state index contributed by atoms with van der Waals surface area (Å²) in [7, 11) is -1.98. The van der Waals surface area contributed by atoms with Gasteiger partial charge in [0.25, 0.3) is 0 Å². The van der Waals surface area contributed by atoms with Crippen molar-refractivity contribution in [2.75, 3.05) is 6.61 Å². The standard InChI is InChI=1S/C19H38O3Si/c1-10-11-16(8)19(21)17(9)18(20)12-22-23(13(2)3,14(4)5)15(6)7/h13-21H,12H2,1-9H3/t16-,17-,18+,19+/m1/s1. The maximum Gasteiger partial charge on any atom is 0.200 e. The second-order valence-corrected chi connectivity index (χ2v) is 13.2. The van der Waals surface area contributed by atoms with E-state index in [9.17, 15) is 10.2 Å². The molecule has 0 fully saturated rings. The van der Waals surface area contributed by atoms with Gasteiger partial charge in [0.2, 0.25) is 0 Å². The molecular weight excluding hydrogens is 304 g/mol. The first kappa shape index (κ1) is 22.7. The number of aliphatic hydroxyl groups excluding tert-OH is 2. The van der Waals surface area contributed by atoms with Crippen LogP contribution in [0.2, 0.25) is 16.6 Å². The first-order valence-electron chi connectivity index (χ1n) is 8.94. The molecule has 0 aromatic heterocycles. The molecule has 0 heterocycles. The van der Waals surface area contributed by atoms with Gasteiger partial charge in [-0.2, -0.15) is 0 Å². The fourth-order valence-corrected chi connectivity index (χ4v) is 9.34. The Bertz CT molecular complexity index is 373. The van der Waals surface area contributed by atoms with Gasteiger partial charge in [-0.15, -0.1) is 5.92 Å². The van der Waals surface area contributed by atoms with Crippen LogP contribution in [0.5, 0.6) is 0 Å². The van der Waals surface area contributed by atoms with Crippen molar-refractivity contribution in [3.63, 3.8) is 0 Å². The highest BCUT2D eigenvalue weighted by atomic mass is 28.4. The van der Waals surface area contributed by atoms with Crippen LogP contribution in [-0.4, -0.2) is 37.3 Å². The number of hydrogen-bond acceptors (Lipinski definition) is 3. The summed E-state index contributed by atoms with van der Waals surface area (Å²) in [5, 5.41) is 20.8. The van der Waals surface area contributed by atoms with Crippen molar-refractivity contribution >= 4 is 8.32 Å². The molecule has 23 heavy (non-hydrogen) atoms. The Balaban J connectivity index is 5.00. The Hall–Kier alpha value is -0.343. The van der Waals surface area contributed by atoms with Crippen LogP contribution >= 0.6 is 0 Å². The van der Waals surface area contributed by atoms with Crippen LogP contribution in [-0.2, 0) is 4.43 Å².